The lowest BCUT2D eigenvalue weighted by molar-refractivity contribution is -0.393. The van der Waals surface area contributed by atoms with Gasteiger partial charge in [0, 0.05) is 16.7 Å². The van der Waals surface area contributed by atoms with Crippen LogP contribution in [0.25, 0.3) is 21.6 Å². The summed E-state index contributed by atoms with van der Waals surface area (Å²) in [6, 6.07) is 9.58. The Kier molecular flexibility index (Phi) is 3.78. The van der Waals surface area contributed by atoms with Crippen LogP contribution in [0.3, 0.4) is 0 Å². The van der Waals surface area contributed by atoms with E-state index in [1.54, 1.807) is 12.1 Å². The smallest absolute Gasteiger partial charge is 0.258 e. The van der Waals surface area contributed by atoms with Crippen molar-refractivity contribution >= 4 is 17.1 Å². The SMILES string of the molecule is [N-]=[N+]=Nc1ccccc1-c1ccc([N+](=O)[O-])cc1[N+](=O)[O-]. The number of azide groups is 1. The summed E-state index contributed by atoms with van der Waals surface area (Å²) in [7, 11) is 0. The topological polar surface area (TPSA) is 135 Å². The van der Waals surface area contributed by atoms with E-state index in [4.69, 9.17) is 5.53 Å². The molecule has 0 saturated heterocycles. The summed E-state index contributed by atoms with van der Waals surface area (Å²) in [6.07, 6.45) is 0. The van der Waals surface area contributed by atoms with Crippen molar-refractivity contribution in [2.24, 2.45) is 5.11 Å². The van der Waals surface area contributed by atoms with E-state index in [0.29, 0.717) is 5.56 Å². The number of nitro benzene ring substituents is 2. The minimum atomic E-state index is -0.713. The Bertz CT molecular complexity index is 783. The van der Waals surface area contributed by atoms with Crippen LogP contribution in [-0.4, -0.2) is 9.85 Å². The Balaban J connectivity index is 2.72. The minimum absolute atomic E-state index is 0.147. The second-order valence-corrected chi connectivity index (χ2v) is 3.92. The summed E-state index contributed by atoms with van der Waals surface area (Å²) in [5.41, 5.74) is 8.40. The molecule has 0 aromatic heterocycles. The Morgan fingerprint density at radius 3 is 2.33 bits per heavy atom. The summed E-state index contributed by atoms with van der Waals surface area (Å²) < 4.78 is 0. The fourth-order valence-corrected chi connectivity index (χ4v) is 1.85. The zero-order valence-corrected chi connectivity index (χ0v) is 10.4. The molecule has 2 aromatic rings. The highest BCUT2D eigenvalue weighted by atomic mass is 16.6. The third-order valence-corrected chi connectivity index (χ3v) is 2.74. The average molecular weight is 285 g/mol. The quantitative estimate of drug-likeness (QED) is 0.274. The van der Waals surface area contributed by atoms with Crippen LogP contribution in [0.4, 0.5) is 17.1 Å². The monoisotopic (exact) mass is 285 g/mol. The number of benzene rings is 2. The van der Waals surface area contributed by atoms with Gasteiger partial charge in [-0.15, -0.1) is 0 Å². The summed E-state index contributed by atoms with van der Waals surface area (Å²) >= 11 is 0. The van der Waals surface area contributed by atoms with E-state index in [2.05, 4.69) is 10.0 Å². The van der Waals surface area contributed by atoms with Crippen molar-refractivity contribution < 1.29 is 9.85 Å². The largest absolute Gasteiger partial charge is 0.284 e. The molecule has 21 heavy (non-hydrogen) atoms. The highest BCUT2D eigenvalue weighted by molar-refractivity contribution is 5.83. The van der Waals surface area contributed by atoms with Crippen molar-refractivity contribution in [3.8, 4) is 11.1 Å². The van der Waals surface area contributed by atoms with E-state index < -0.39 is 15.5 Å². The Hall–Kier alpha value is -3.45. The predicted octanol–water partition coefficient (Wildman–Crippen LogP) is 4.11. The zero-order chi connectivity index (χ0) is 15.4. The fourth-order valence-electron chi connectivity index (χ4n) is 1.85. The molecule has 0 unspecified atom stereocenters. The van der Waals surface area contributed by atoms with E-state index in [1.807, 2.05) is 0 Å². The van der Waals surface area contributed by atoms with Gasteiger partial charge in [-0.3, -0.25) is 20.2 Å². The standard InChI is InChI=1S/C12H7N5O4/c13-15-14-11-4-2-1-3-9(11)10-6-5-8(16(18)19)7-12(10)17(20)21/h1-7H. The average Bonchev–Trinajstić information content (AvgIpc) is 2.47. The maximum absolute atomic E-state index is 11.1. The molecule has 2 aromatic carbocycles. The molecule has 0 radical (unpaired) electrons. The van der Waals surface area contributed by atoms with E-state index in [1.165, 1.54) is 18.2 Å². The molecule has 2 rings (SSSR count). The molecule has 0 spiro atoms. The second kappa shape index (κ2) is 5.68. The fraction of sp³-hybridized carbons (Fsp3) is 0. The third kappa shape index (κ3) is 2.77. The number of rotatable bonds is 4. The normalized spacial score (nSPS) is 9.71. The summed E-state index contributed by atoms with van der Waals surface area (Å²) in [6.45, 7) is 0. The number of non-ortho nitro benzene ring substituents is 1. The van der Waals surface area contributed by atoms with Crippen molar-refractivity contribution in [2.75, 3.05) is 0 Å². The molecule has 9 nitrogen and oxygen atoms in total. The van der Waals surface area contributed by atoms with Crippen molar-refractivity contribution in [3.63, 3.8) is 0 Å². The molecule has 0 heterocycles. The Morgan fingerprint density at radius 2 is 1.71 bits per heavy atom. The lowest BCUT2D eigenvalue weighted by atomic mass is 10.0. The molecule has 0 atom stereocenters. The van der Waals surface area contributed by atoms with Gasteiger partial charge in [-0.25, -0.2) is 0 Å². The van der Waals surface area contributed by atoms with Crippen molar-refractivity contribution in [1.29, 1.82) is 0 Å². The molecule has 0 fully saturated rings. The predicted molar refractivity (Wildman–Crippen MR) is 74.0 cm³/mol. The summed E-state index contributed by atoms with van der Waals surface area (Å²) in [5.74, 6) is 0. The zero-order valence-electron chi connectivity index (χ0n) is 10.4. The molecule has 104 valence electrons. The molecule has 0 saturated carbocycles. The van der Waals surface area contributed by atoms with Gasteiger partial charge < -0.3 is 0 Å². The summed E-state index contributed by atoms with van der Waals surface area (Å²) in [4.78, 5) is 23.1. The highest BCUT2D eigenvalue weighted by Gasteiger charge is 2.21. The molecule has 0 bridgehead atoms. The molecule has 0 N–H and O–H groups in total. The molecule has 9 heteroatoms. The third-order valence-electron chi connectivity index (χ3n) is 2.74. The van der Waals surface area contributed by atoms with Crippen LogP contribution in [0.5, 0.6) is 0 Å². The molecule has 0 aliphatic carbocycles. The van der Waals surface area contributed by atoms with Gasteiger partial charge in [0.25, 0.3) is 11.4 Å². The van der Waals surface area contributed by atoms with Crippen LogP contribution in [0.2, 0.25) is 0 Å². The molecule has 0 aliphatic heterocycles. The van der Waals surface area contributed by atoms with E-state index in [0.717, 1.165) is 12.1 Å². The number of hydrogen-bond donors (Lipinski definition) is 0. The van der Waals surface area contributed by atoms with Crippen molar-refractivity contribution in [3.05, 3.63) is 73.1 Å². The van der Waals surface area contributed by atoms with E-state index in [-0.39, 0.29) is 16.9 Å². The van der Waals surface area contributed by atoms with Crippen LogP contribution in [-0.2, 0) is 0 Å². The van der Waals surface area contributed by atoms with E-state index in [9.17, 15) is 20.2 Å². The summed E-state index contributed by atoms with van der Waals surface area (Å²) in [5, 5.41) is 25.3. The van der Waals surface area contributed by atoms with Crippen LogP contribution >= 0.6 is 0 Å². The first-order chi connectivity index (χ1) is 10.0. The van der Waals surface area contributed by atoms with Gasteiger partial charge in [-0.2, -0.15) is 0 Å². The van der Waals surface area contributed by atoms with Crippen LogP contribution in [0.1, 0.15) is 0 Å². The van der Waals surface area contributed by atoms with Crippen molar-refractivity contribution in [1.82, 2.24) is 0 Å². The highest BCUT2D eigenvalue weighted by Crippen LogP contribution is 2.38. The van der Waals surface area contributed by atoms with Crippen LogP contribution < -0.4 is 0 Å². The molecule has 0 amide bonds. The van der Waals surface area contributed by atoms with Gasteiger partial charge in [0.15, 0.2) is 0 Å². The first kappa shape index (κ1) is 14.0. The van der Waals surface area contributed by atoms with Gasteiger partial charge in [0.2, 0.25) is 0 Å². The van der Waals surface area contributed by atoms with Crippen LogP contribution in [0, 0.1) is 20.2 Å². The molecular formula is C12H7N5O4. The number of hydrogen-bond acceptors (Lipinski definition) is 5. The van der Waals surface area contributed by atoms with Gasteiger partial charge >= 0.3 is 0 Å². The minimum Gasteiger partial charge on any atom is -0.258 e. The van der Waals surface area contributed by atoms with Gasteiger partial charge in [-0.05, 0) is 17.2 Å². The van der Waals surface area contributed by atoms with E-state index >= 15 is 0 Å². The van der Waals surface area contributed by atoms with Gasteiger partial charge in [0.1, 0.15) is 0 Å². The number of nitrogens with zero attached hydrogens (tertiary/aromatic N) is 5. The lowest BCUT2D eigenvalue weighted by Gasteiger charge is -2.06. The number of nitro groups is 2. The maximum atomic E-state index is 11.1. The van der Waals surface area contributed by atoms with Gasteiger partial charge in [0.05, 0.1) is 21.5 Å². The first-order valence-corrected chi connectivity index (χ1v) is 5.62. The van der Waals surface area contributed by atoms with Gasteiger partial charge in [-0.1, -0.05) is 29.4 Å². The molecular weight excluding hydrogens is 278 g/mol. The van der Waals surface area contributed by atoms with Crippen molar-refractivity contribution in [2.45, 2.75) is 0 Å². The lowest BCUT2D eigenvalue weighted by Crippen LogP contribution is -1.95. The Morgan fingerprint density at radius 1 is 1.00 bits per heavy atom. The molecule has 0 aliphatic rings. The maximum Gasteiger partial charge on any atom is 0.284 e. The Labute approximate surface area is 117 Å². The first-order valence-electron chi connectivity index (χ1n) is 5.62. The second-order valence-electron chi connectivity index (χ2n) is 3.92. The van der Waals surface area contributed by atoms with Crippen LogP contribution in [0.15, 0.2) is 47.6 Å².